The van der Waals surface area contributed by atoms with Crippen molar-refractivity contribution in [2.45, 2.75) is 44.9 Å². The summed E-state index contributed by atoms with van der Waals surface area (Å²) in [6, 6.07) is 9.50. The van der Waals surface area contributed by atoms with Crippen LogP contribution in [0.1, 0.15) is 36.9 Å². The Bertz CT molecular complexity index is 314. The van der Waals surface area contributed by atoms with E-state index in [0.29, 0.717) is 12.1 Å². The third-order valence-electron chi connectivity index (χ3n) is 3.18. The molecule has 15 heavy (non-hydrogen) atoms. The molecular formula is C13H19NO. The number of aliphatic hydroxyl groups excluding tert-OH is 1. The molecule has 1 aromatic rings. The molecule has 0 bridgehead atoms. The molecule has 2 N–H and O–H groups in total. The maximum Gasteiger partial charge on any atom is 0.0570 e. The molecule has 2 rings (SSSR count). The first-order valence-electron chi connectivity index (χ1n) is 5.66. The number of aliphatic hydroxyl groups is 1. The molecule has 1 fully saturated rings. The van der Waals surface area contributed by atoms with E-state index < -0.39 is 0 Å². The lowest BCUT2D eigenvalue weighted by Crippen LogP contribution is -2.44. The van der Waals surface area contributed by atoms with E-state index in [9.17, 15) is 5.11 Å². The van der Waals surface area contributed by atoms with Gasteiger partial charge in [-0.2, -0.15) is 0 Å². The molecule has 2 nitrogen and oxygen atoms in total. The summed E-state index contributed by atoms with van der Waals surface area (Å²) in [6.07, 6.45) is 1.72. The van der Waals surface area contributed by atoms with Crippen LogP contribution in [0.25, 0.3) is 0 Å². The highest BCUT2D eigenvalue weighted by Gasteiger charge is 2.27. The van der Waals surface area contributed by atoms with Gasteiger partial charge in [0.25, 0.3) is 0 Å². The second-order valence-corrected chi connectivity index (χ2v) is 4.62. The molecule has 1 aromatic carbocycles. The van der Waals surface area contributed by atoms with Crippen LogP contribution in [0.15, 0.2) is 24.3 Å². The zero-order valence-electron chi connectivity index (χ0n) is 9.40. The third-order valence-corrected chi connectivity index (χ3v) is 3.18. The minimum Gasteiger partial charge on any atom is -0.393 e. The lowest BCUT2D eigenvalue weighted by Gasteiger charge is -2.34. The maximum atomic E-state index is 9.20. The summed E-state index contributed by atoms with van der Waals surface area (Å²) in [5.74, 6) is 0. The Labute approximate surface area is 91.3 Å². The molecule has 82 valence electrons. The van der Waals surface area contributed by atoms with Crippen LogP contribution < -0.4 is 5.32 Å². The Balaban J connectivity index is 1.90. The molecule has 0 heterocycles. The minimum atomic E-state index is -0.0762. The van der Waals surface area contributed by atoms with E-state index in [1.807, 2.05) is 0 Å². The highest BCUT2D eigenvalue weighted by atomic mass is 16.3. The van der Waals surface area contributed by atoms with Crippen LogP contribution in [0.4, 0.5) is 0 Å². The molecule has 1 atom stereocenters. The van der Waals surface area contributed by atoms with Gasteiger partial charge in [0, 0.05) is 12.1 Å². The standard InChI is InChI=1S/C13H19NO/c1-9-3-5-11(6-4-9)10(2)14-12-7-13(15)8-12/h3-6,10,12-15H,7-8H2,1-2H3. The van der Waals surface area contributed by atoms with E-state index in [1.165, 1.54) is 11.1 Å². The van der Waals surface area contributed by atoms with Gasteiger partial charge in [-0.05, 0) is 32.3 Å². The molecule has 0 aromatic heterocycles. The fraction of sp³-hybridized carbons (Fsp3) is 0.538. The lowest BCUT2D eigenvalue weighted by atomic mass is 9.88. The number of aryl methyl sites for hydroxylation is 1. The van der Waals surface area contributed by atoms with Gasteiger partial charge >= 0.3 is 0 Å². The van der Waals surface area contributed by atoms with E-state index in [4.69, 9.17) is 0 Å². The van der Waals surface area contributed by atoms with Crippen LogP contribution >= 0.6 is 0 Å². The van der Waals surface area contributed by atoms with Crippen molar-refractivity contribution in [2.24, 2.45) is 0 Å². The largest absolute Gasteiger partial charge is 0.393 e. The van der Waals surface area contributed by atoms with Crippen molar-refractivity contribution in [1.82, 2.24) is 5.32 Å². The molecule has 0 aliphatic heterocycles. The van der Waals surface area contributed by atoms with E-state index in [-0.39, 0.29) is 6.10 Å². The molecule has 0 spiro atoms. The summed E-state index contributed by atoms with van der Waals surface area (Å²) in [7, 11) is 0. The van der Waals surface area contributed by atoms with Crippen LogP contribution in [0.5, 0.6) is 0 Å². The molecule has 1 aliphatic carbocycles. The van der Waals surface area contributed by atoms with Crippen molar-refractivity contribution in [3.63, 3.8) is 0 Å². The van der Waals surface area contributed by atoms with E-state index in [1.54, 1.807) is 0 Å². The van der Waals surface area contributed by atoms with Crippen molar-refractivity contribution in [2.75, 3.05) is 0 Å². The first kappa shape index (κ1) is 10.7. The van der Waals surface area contributed by atoms with Crippen molar-refractivity contribution in [1.29, 1.82) is 0 Å². The fourth-order valence-corrected chi connectivity index (χ4v) is 2.03. The zero-order valence-corrected chi connectivity index (χ0v) is 9.40. The van der Waals surface area contributed by atoms with Gasteiger partial charge in [0.05, 0.1) is 6.10 Å². The average molecular weight is 205 g/mol. The van der Waals surface area contributed by atoms with Gasteiger partial charge in [-0.1, -0.05) is 29.8 Å². The molecule has 1 saturated carbocycles. The van der Waals surface area contributed by atoms with Crippen LogP contribution in [0.3, 0.4) is 0 Å². The molecule has 2 heteroatoms. The summed E-state index contributed by atoms with van der Waals surface area (Å²) in [5.41, 5.74) is 2.62. The Kier molecular flexibility index (Phi) is 3.08. The number of hydrogen-bond acceptors (Lipinski definition) is 2. The Morgan fingerprint density at radius 2 is 1.87 bits per heavy atom. The Morgan fingerprint density at radius 1 is 1.27 bits per heavy atom. The smallest absolute Gasteiger partial charge is 0.0570 e. The molecule has 1 unspecified atom stereocenters. The van der Waals surface area contributed by atoms with Crippen LogP contribution in [-0.4, -0.2) is 17.3 Å². The van der Waals surface area contributed by atoms with Crippen molar-refractivity contribution >= 4 is 0 Å². The Hall–Kier alpha value is -0.860. The number of benzene rings is 1. The summed E-state index contributed by atoms with van der Waals surface area (Å²) in [5, 5.41) is 12.7. The predicted octanol–water partition coefficient (Wildman–Crippen LogP) is 2.17. The van der Waals surface area contributed by atoms with Gasteiger partial charge in [0.2, 0.25) is 0 Å². The van der Waals surface area contributed by atoms with E-state index in [0.717, 1.165) is 12.8 Å². The van der Waals surface area contributed by atoms with Crippen molar-refractivity contribution in [3.8, 4) is 0 Å². The lowest BCUT2D eigenvalue weighted by molar-refractivity contribution is 0.0586. The third kappa shape index (κ3) is 2.58. The van der Waals surface area contributed by atoms with E-state index in [2.05, 4.69) is 43.4 Å². The normalized spacial score (nSPS) is 27.1. The summed E-state index contributed by atoms with van der Waals surface area (Å²) >= 11 is 0. The first-order chi connectivity index (χ1) is 7.15. The summed E-state index contributed by atoms with van der Waals surface area (Å²) in [4.78, 5) is 0. The van der Waals surface area contributed by atoms with Gasteiger partial charge in [-0.25, -0.2) is 0 Å². The monoisotopic (exact) mass is 205 g/mol. The highest BCUT2D eigenvalue weighted by Crippen LogP contribution is 2.23. The van der Waals surface area contributed by atoms with Gasteiger partial charge in [-0.3, -0.25) is 0 Å². The molecule has 0 radical (unpaired) electrons. The van der Waals surface area contributed by atoms with Crippen LogP contribution in [-0.2, 0) is 0 Å². The molecule has 0 saturated heterocycles. The molecule has 0 amide bonds. The van der Waals surface area contributed by atoms with Crippen molar-refractivity contribution < 1.29 is 5.11 Å². The van der Waals surface area contributed by atoms with Crippen LogP contribution in [0.2, 0.25) is 0 Å². The summed E-state index contributed by atoms with van der Waals surface area (Å²) in [6.45, 7) is 4.28. The van der Waals surface area contributed by atoms with Gasteiger partial charge in [0.15, 0.2) is 0 Å². The zero-order chi connectivity index (χ0) is 10.8. The Morgan fingerprint density at radius 3 is 2.40 bits per heavy atom. The van der Waals surface area contributed by atoms with Crippen molar-refractivity contribution in [3.05, 3.63) is 35.4 Å². The van der Waals surface area contributed by atoms with Gasteiger partial charge < -0.3 is 10.4 Å². The second-order valence-electron chi connectivity index (χ2n) is 4.62. The second kappa shape index (κ2) is 4.33. The predicted molar refractivity (Wildman–Crippen MR) is 61.8 cm³/mol. The number of rotatable bonds is 3. The van der Waals surface area contributed by atoms with Crippen LogP contribution in [0, 0.1) is 6.92 Å². The highest BCUT2D eigenvalue weighted by molar-refractivity contribution is 5.23. The fourth-order valence-electron chi connectivity index (χ4n) is 2.03. The topological polar surface area (TPSA) is 32.3 Å². The summed E-state index contributed by atoms with van der Waals surface area (Å²) < 4.78 is 0. The van der Waals surface area contributed by atoms with Gasteiger partial charge in [-0.15, -0.1) is 0 Å². The number of nitrogens with one attached hydrogen (secondary N) is 1. The molecule has 1 aliphatic rings. The minimum absolute atomic E-state index is 0.0762. The average Bonchev–Trinajstić information content (AvgIpc) is 2.16. The van der Waals surface area contributed by atoms with E-state index >= 15 is 0 Å². The quantitative estimate of drug-likeness (QED) is 0.792. The molecular weight excluding hydrogens is 186 g/mol. The van der Waals surface area contributed by atoms with Gasteiger partial charge in [0.1, 0.15) is 0 Å². The number of hydrogen-bond donors (Lipinski definition) is 2. The maximum absolute atomic E-state index is 9.20. The SMILES string of the molecule is Cc1ccc(C(C)NC2CC(O)C2)cc1. The first-order valence-corrected chi connectivity index (χ1v) is 5.66.